The van der Waals surface area contributed by atoms with Gasteiger partial charge in [-0.15, -0.1) is 0 Å². The molecule has 0 bridgehead atoms. The highest BCUT2D eigenvalue weighted by molar-refractivity contribution is 5.71. The van der Waals surface area contributed by atoms with Gasteiger partial charge in [-0.2, -0.15) is 0 Å². The molecule has 0 unspecified atom stereocenters. The normalized spacial score (nSPS) is 10.6. The van der Waals surface area contributed by atoms with E-state index in [0.29, 0.717) is 5.56 Å². The lowest BCUT2D eigenvalue weighted by atomic mass is 9.99. The third-order valence-corrected chi connectivity index (χ3v) is 2.70. The molecule has 0 fully saturated rings. The maximum Gasteiger partial charge on any atom is 0.307 e. The second-order valence-electron chi connectivity index (χ2n) is 4.21. The summed E-state index contributed by atoms with van der Waals surface area (Å²) in [6.45, 7) is 1.90. The monoisotopic (exact) mass is 286 g/mol. The highest BCUT2D eigenvalue weighted by Gasteiger charge is 2.15. The number of rotatable bonds is 7. The first-order valence-corrected chi connectivity index (χ1v) is 6.21. The Balaban J connectivity index is 2.88. The second-order valence-corrected chi connectivity index (χ2v) is 4.21. The van der Waals surface area contributed by atoms with Crippen molar-refractivity contribution in [3.8, 4) is 0 Å². The van der Waals surface area contributed by atoms with Crippen LogP contribution in [0.5, 0.6) is 0 Å². The van der Waals surface area contributed by atoms with E-state index in [2.05, 4.69) is 0 Å². The zero-order valence-corrected chi connectivity index (χ0v) is 11.1. The highest BCUT2D eigenvalue weighted by Crippen LogP contribution is 2.25. The summed E-state index contributed by atoms with van der Waals surface area (Å²) >= 11 is 0. The molecule has 110 valence electrons. The molecule has 1 aromatic carbocycles. The number of halogens is 2. The molecule has 0 heterocycles. The molecule has 1 aromatic rings. The number of alkyl halides is 2. The number of carboxylic acids is 1. The molecule has 0 atom stereocenters. The van der Waals surface area contributed by atoms with Crippen LogP contribution in [0.2, 0.25) is 0 Å². The van der Waals surface area contributed by atoms with Crippen molar-refractivity contribution in [2.24, 2.45) is 0 Å². The van der Waals surface area contributed by atoms with Gasteiger partial charge in [0.1, 0.15) is 0 Å². The number of carboxylic acid groups (broad SMARTS) is 1. The first kappa shape index (κ1) is 16.1. The minimum Gasteiger partial charge on any atom is -0.481 e. The van der Waals surface area contributed by atoms with Crippen LogP contribution in [0, 0.1) is 0 Å². The molecule has 0 aliphatic rings. The number of esters is 1. The van der Waals surface area contributed by atoms with Crippen LogP contribution in [-0.4, -0.2) is 23.7 Å². The predicted molar refractivity (Wildman–Crippen MR) is 67.7 cm³/mol. The van der Waals surface area contributed by atoms with E-state index in [9.17, 15) is 18.4 Å². The lowest BCUT2D eigenvalue weighted by Crippen LogP contribution is -2.07. The van der Waals surface area contributed by atoms with Gasteiger partial charge in [-0.3, -0.25) is 9.59 Å². The maximum absolute atomic E-state index is 12.9. The first-order chi connectivity index (χ1) is 9.43. The summed E-state index contributed by atoms with van der Waals surface area (Å²) < 4.78 is 30.5. The summed E-state index contributed by atoms with van der Waals surface area (Å²) in [5.74, 6) is -1.50. The molecule has 1 rings (SSSR count). The topological polar surface area (TPSA) is 63.6 Å². The Bertz CT molecular complexity index is 486. The molecule has 0 aromatic heterocycles. The zero-order chi connectivity index (χ0) is 15.1. The number of hydrogen-bond acceptors (Lipinski definition) is 3. The van der Waals surface area contributed by atoms with Gasteiger partial charge in [0.15, 0.2) is 0 Å². The van der Waals surface area contributed by atoms with Gasteiger partial charge in [-0.05, 0) is 24.5 Å². The predicted octanol–water partition coefficient (Wildman–Crippen LogP) is 2.75. The largest absolute Gasteiger partial charge is 0.481 e. The molecule has 0 amide bonds. The summed E-state index contributed by atoms with van der Waals surface area (Å²) in [4.78, 5) is 21.9. The van der Waals surface area contributed by atoms with Crippen molar-refractivity contribution in [1.82, 2.24) is 0 Å². The van der Waals surface area contributed by atoms with Crippen molar-refractivity contribution in [3.05, 3.63) is 34.9 Å². The van der Waals surface area contributed by atoms with Crippen molar-refractivity contribution in [2.45, 2.75) is 32.6 Å². The molecule has 0 aliphatic heterocycles. The van der Waals surface area contributed by atoms with Crippen LogP contribution in [0.25, 0.3) is 0 Å². The van der Waals surface area contributed by atoms with Crippen LogP contribution in [0.3, 0.4) is 0 Å². The van der Waals surface area contributed by atoms with Gasteiger partial charge in [-0.1, -0.05) is 18.2 Å². The first-order valence-electron chi connectivity index (χ1n) is 6.21. The summed E-state index contributed by atoms with van der Waals surface area (Å²) in [6.07, 6.45) is -2.81. The third kappa shape index (κ3) is 4.95. The fraction of sp³-hybridized carbons (Fsp3) is 0.429. The molecule has 6 heteroatoms. The van der Waals surface area contributed by atoms with Gasteiger partial charge in [-0.25, -0.2) is 8.78 Å². The number of aryl methyl sites for hydroxylation is 1. The molecule has 4 nitrogen and oxygen atoms in total. The van der Waals surface area contributed by atoms with Gasteiger partial charge < -0.3 is 9.84 Å². The van der Waals surface area contributed by atoms with E-state index in [0.717, 1.165) is 0 Å². The van der Waals surface area contributed by atoms with Gasteiger partial charge in [0.05, 0.1) is 13.0 Å². The van der Waals surface area contributed by atoms with Crippen molar-refractivity contribution in [2.75, 3.05) is 6.61 Å². The van der Waals surface area contributed by atoms with E-state index in [1.807, 2.05) is 0 Å². The lowest BCUT2D eigenvalue weighted by molar-refractivity contribution is -0.143. The molecular weight excluding hydrogens is 270 g/mol. The number of carbonyl (C=O) groups is 2. The van der Waals surface area contributed by atoms with E-state index in [-0.39, 0.29) is 37.0 Å². The lowest BCUT2D eigenvalue weighted by Gasteiger charge is -2.10. The molecule has 0 aliphatic carbocycles. The minimum atomic E-state index is -2.66. The van der Waals surface area contributed by atoms with Gasteiger partial charge in [0.25, 0.3) is 6.43 Å². The molecule has 0 saturated carbocycles. The van der Waals surface area contributed by atoms with Gasteiger partial charge >= 0.3 is 11.9 Å². The Labute approximate surface area is 115 Å². The van der Waals surface area contributed by atoms with Gasteiger partial charge in [0, 0.05) is 12.0 Å². The average Bonchev–Trinajstić information content (AvgIpc) is 2.35. The fourth-order valence-electron chi connectivity index (χ4n) is 1.84. The van der Waals surface area contributed by atoms with Crippen molar-refractivity contribution < 1.29 is 28.2 Å². The smallest absolute Gasteiger partial charge is 0.307 e. The SMILES string of the molecule is CCOC(=O)CCc1cc(CC(=O)O)ccc1C(F)F. The van der Waals surface area contributed by atoms with Gasteiger partial charge in [0.2, 0.25) is 0 Å². The second kappa shape index (κ2) is 7.57. The van der Waals surface area contributed by atoms with Crippen molar-refractivity contribution in [1.29, 1.82) is 0 Å². The standard InChI is InChI=1S/C14H16F2O4/c1-2-20-13(19)6-4-10-7-9(8-12(17)18)3-5-11(10)14(15)16/h3,5,7,14H,2,4,6,8H2,1H3,(H,17,18). The Morgan fingerprint density at radius 3 is 2.60 bits per heavy atom. The van der Waals surface area contributed by atoms with E-state index >= 15 is 0 Å². The quantitative estimate of drug-likeness (QED) is 0.783. The zero-order valence-electron chi connectivity index (χ0n) is 11.1. The van der Waals surface area contributed by atoms with Crippen LogP contribution in [-0.2, 0) is 27.2 Å². The van der Waals surface area contributed by atoms with E-state index < -0.39 is 18.4 Å². The van der Waals surface area contributed by atoms with Crippen LogP contribution in [0.4, 0.5) is 8.78 Å². The molecule has 20 heavy (non-hydrogen) atoms. The Morgan fingerprint density at radius 2 is 2.05 bits per heavy atom. The Morgan fingerprint density at radius 1 is 1.35 bits per heavy atom. The van der Waals surface area contributed by atoms with Crippen LogP contribution in [0.1, 0.15) is 36.5 Å². The molecule has 0 radical (unpaired) electrons. The number of carbonyl (C=O) groups excluding carboxylic acids is 1. The van der Waals surface area contributed by atoms with Crippen LogP contribution in [0.15, 0.2) is 18.2 Å². The van der Waals surface area contributed by atoms with Crippen molar-refractivity contribution in [3.63, 3.8) is 0 Å². The maximum atomic E-state index is 12.9. The van der Waals surface area contributed by atoms with Crippen LogP contribution < -0.4 is 0 Å². The minimum absolute atomic E-state index is 0.00984. The summed E-state index contributed by atoms with van der Waals surface area (Å²) in [7, 11) is 0. The molecule has 0 spiro atoms. The summed E-state index contributed by atoms with van der Waals surface area (Å²) in [5.41, 5.74) is 0.538. The number of aliphatic carboxylic acids is 1. The number of ether oxygens (including phenoxy) is 1. The molecule has 1 N–H and O–H groups in total. The fourth-order valence-corrected chi connectivity index (χ4v) is 1.84. The summed E-state index contributed by atoms with van der Waals surface area (Å²) in [6, 6.07) is 3.99. The Kier molecular flexibility index (Phi) is 6.09. The number of benzene rings is 1. The third-order valence-electron chi connectivity index (χ3n) is 2.70. The van der Waals surface area contributed by atoms with Crippen LogP contribution >= 0.6 is 0 Å². The number of hydrogen-bond donors (Lipinski definition) is 1. The van der Waals surface area contributed by atoms with Crippen molar-refractivity contribution >= 4 is 11.9 Å². The summed E-state index contributed by atoms with van der Waals surface area (Å²) in [5, 5.41) is 8.70. The van der Waals surface area contributed by atoms with E-state index in [1.54, 1.807) is 6.92 Å². The highest BCUT2D eigenvalue weighted by atomic mass is 19.3. The molecular formula is C14H16F2O4. The van der Waals surface area contributed by atoms with E-state index in [1.165, 1.54) is 18.2 Å². The van der Waals surface area contributed by atoms with E-state index in [4.69, 9.17) is 9.84 Å². The average molecular weight is 286 g/mol. The Hall–Kier alpha value is -1.98. The molecule has 0 saturated heterocycles.